The molecule has 7 nitrogen and oxygen atoms in total. The lowest BCUT2D eigenvalue weighted by molar-refractivity contribution is -0.130. The van der Waals surface area contributed by atoms with Crippen molar-refractivity contribution < 1.29 is 20.4 Å². The van der Waals surface area contributed by atoms with Gasteiger partial charge in [0.1, 0.15) is 18.0 Å². The SMILES string of the molecule is C/C(N)=N\NC1CC(CO)C(O)C(O)C1O. The van der Waals surface area contributed by atoms with Crippen molar-refractivity contribution >= 4 is 5.84 Å². The van der Waals surface area contributed by atoms with E-state index in [9.17, 15) is 15.3 Å². The molecule has 0 saturated heterocycles. The number of aliphatic hydroxyl groups excluding tert-OH is 4. The number of hydrazone groups is 1. The molecule has 5 atom stereocenters. The molecule has 16 heavy (non-hydrogen) atoms. The van der Waals surface area contributed by atoms with Crippen LogP contribution in [0.2, 0.25) is 0 Å². The zero-order valence-electron chi connectivity index (χ0n) is 9.11. The summed E-state index contributed by atoms with van der Waals surface area (Å²) in [6, 6.07) is -0.533. The van der Waals surface area contributed by atoms with Crippen LogP contribution < -0.4 is 11.2 Å². The molecule has 1 rings (SSSR count). The summed E-state index contributed by atoms with van der Waals surface area (Å²) >= 11 is 0. The smallest absolute Gasteiger partial charge is 0.116 e. The zero-order chi connectivity index (χ0) is 12.3. The maximum absolute atomic E-state index is 9.67. The molecule has 5 unspecified atom stereocenters. The Morgan fingerprint density at radius 3 is 2.44 bits per heavy atom. The van der Waals surface area contributed by atoms with Gasteiger partial charge in [0.15, 0.2) is 0 Å². The Morgan fingerprint density at radius 2 is 1.94 bits per heavy atom. The lowest BCUT2D eigenvalue weighted by atomic mass is 9.80. The molecule has 0 bridgehead atoms. The van der Waals surface area contributed by atoms with Gasteiger partial charge in [0, 0.05) is 12.5 Å². The van der Waals surface area contributed by atoms with Crippen molar-refractivity contribution in [3.8, 4) is 0 Å². The van der Waals surface area contributed by atoms with Gasteiger partial charge >= 0.3 is 0 Å². The fraction of sp³-hybridized carbons (Fsp3) is 0.889. The molecule has 0 aromatic heterocycles. The number of nitrogens with two attached hydrogens (primary N) is 1. The van der Waals surface area contributed by atoms with Gasteiger partial charge in [-0.2, -0.15) is 5.10 Å². The lowest BCUT2D eigenvalue weighted by Gasteiger charge is -2.39. The van der Waals surface area contributed by atoms with Crippen LogP contribution in [0.5, 0.6) is 0 Å². The average molecular weight is 233 g/mol. The van der Waals surface area contributed by atoms with Crippen LogP contribution in [-0.2, 0) is 0 Å². The van der Waals surface area contributed by atoms with Crippen LogP contribution in [0.25, 0.3) is 0 Å². The molecule has 0 spiro atoms. The van der Waals surface area contributed by atoms with Gasteiger partial charge < -0.3 is 31.6 Å². The van der Waals surface area contributed by atoms with Gasteiger partial charge in [0.2, 0.25) is 0 Å². The molecule has 1 fully saturated rings. The first-order valence-corrected chi connectivity index (χ1v) is 5.17. The fourth-order valence-electron chi connectivity index (χ4n) is 1.82. The molecule has 0 aromatic rings. The van der Waals surface area contributed by atoms with Crippen molar-refractivity contribution in [3.63, 3.8) is 0 Å². The third-order valence-electron chi connectivity index (χ3n) is 2.79. The third kappa shape index (κ3) is 2.82. The van der Waals surface area contributed by atoms with Crippen LogP contribution >= 0.6 is 0 Å². The van der Waals surface area contributed by atoms with E-state index in [0.29, 0.717) is 12.3 Å². The second-order valence-corrected chi connectivity index (χ2v) is 4.14. The predicted molar refractivity (Wildman–Crippen MR) is 57.4 cm³/mol. The summed E-state index contributed by atoms with van der Waals surface area (Å²) < 4.78 is 0. The number of amidine groups is 1. The Morgan fingerprint density at radius 1 is 1.31 bits per heavy atom. The predicted octanol–water partition coefficient (Wildman–Crippen LogP) is -2.67. The maximum Gasteiger partial charge on any atom is 0.116 e. The average Bonchev–Trinajstić information content (AvgIpc) is 2.25. The quantitative estimate of drug-likeness (QED) is 0.179. The Labute approximate surface area is 93.6 Å². The molecule has 0 aromatic carbocycles. The summed E-state index contributed by atoms with van der Waals surface area (Å²) in [5, 5.41) is 41.5. The van der Waals surface area contributed by atoms with Gasteiger partial charge in [-0.05, 0) is 13.3 Å². The first kappa shape index (κ1) is 13.2. The Kier molecular flexibility index (Phi) is 4.48. The van der Waals surface area contributed by atoms with Crippen molar-refractivity contribution in [3.05, 3.63) is 0 Å². The molecule has 0 radical (unpaired) electrons. The highest BCUT2D eigenvalue weighted by Gasteiger charge is 2.42. The monoisotopic (exact) mass is 233 g/mol. The Bertz CT molecular complexity index is 255. The highest BCUT2D eigenvalue weighted by molar-refractivity contribution is 5.77. The van der Waals surface area contributed by atoms with Crippen molar-refractivity contribution in [2.75, 3.05) is 6.61 Å². The summed E-state index contributed by atoms with van der Waals surface area (Å²) in [5.41, 5.74) is 7.95. The molecule has 7 heteroatoms. The minimum atomic E-state index is -1.29. The molecule has 1 aliphatic rings. The van der Waals surface area contributed by atoms with Crippen molar-refractivity contribution in [2.24, 2.45) is 16.8 Å². The number of rotatable bonds is 3. The largest absolute Gasteiger partial charge is 0.396 e. The molecule has 7 N–H and O–H groups in total. The first-order valence-electron chi connectivity index (χ1n) is 5.17. The van der Waals surface area contributed by atoms with Crippen molar-refractivity contribution in [1.29, 1.82) is 0 Å². The van der Waals surface area contributed by atoms with Gasteiger partial charge in [-0.25, -0.2) is 0 Å². The van der Waals surface area contributed by atoms with Crippen molar-refractivity contribution in [2.45, 2.75) is 37.7 Å². The lowest BCUT2D eigenvalue weighted by Crippen LogP contribution is -2.58. The van der Waals surface area contributed by atoms with Crippen molar-refractivity contribution in [1.82, 2.24) is 5.43 Å². The number of nitrogens with one attached hydrogen (secondary N) is 1. The second-order valence-electron chi connectivity index (χ2n) is 4.14. The Hall–Kier alpha value is -0.890. The normalized spacial score (nSPS) is 40.8. The molecule has 0 aliphatic heterocycles. The zero-order valence-corrected chi connectivity index (χ0v) is 9.11. The van der Waals surface area contributed by atoms with Gasteiger partial charge in [0.25, 0.3) is 0 Å². The second kappa shape index (κ2) is 5.44. The molecule has 1 aliphatic carbocycles. The van der Waals surface area contributed by atoms with E-state index in [1.165, 1.54) is 0 Å². The topological polar surface area (TPSA) is 131 Å². The third-order valence-corrected chi connectivity index (χ3v) is 2.79. The maximum atomic E-state index is 9.67. The fourth-order valence-corrected chi connectivity index (χ4v) is 1.82. The number of hydrogen-bond acceptors (Lipinski definition) is 6. The van der Waals surface area contributed by atoms with Crippen LogP contribution in [-0.4, -0.2) is 57.2 Å². The van der Waals surface area contributed by atoms with Crippen LogP contribution in [0, 0.1) is 5.92 Å². The minimum Gasteiger partial charge on any atom is -0.396 e. The molecule has 1 saturated carbocycles. The molecule has 94 valence electrons. The van der Waals surface area contributed by atoms with Crippen LogP contribution in [0.1, 0.15) is 13.3 Å². The van der Waals surface area contributed by atoms with E-state index in [1.54, 1.807) is 6.92 Å². The highest BCUT2D eigenvalue weighted by Crippen LogP contribution is 2.25. The van der Waals surface area contributed by atoms with Gasteiger partial charge in [0.05, 0.1) is 12.1 Å². The molecular weight excluding hydrogens is 214 g/mol. The van der Waals surface area contributed by atoms with Gasteiger partial charge in [-0.3, -0.25) is 0 Å². The highest BCUT2D eigenvalue weighted by atomic mass is 16.4. The summed E-state index contributed by atoms with van der Waals surface area (Å²) in [6.07, 6.45) is -3.24. The number of hydrogen-bond donors (Lipinski definition) is 6. The summed E-state index contributed by atoms with van der Waals surface area (Å²) in [5.74, 6) is -0.183. The molecule has 0 amide bonds. The van der Waals surface area contributed by atoms with E-state index in [-0.39, 0.29) is 6.61 Å². The summed E-state index contributed by atoms with van der Waals surface area (Å²) in [7, 11) is 0. The number of nitrogens with zero attached hydrogens (tertiary/aromatic N) is 1. The van der Waals surface area contributed by atoms with Crippen LogP contribution in [0.15, 0.2) is 5.10 Å². The summed E-state index contributed by atoms with van der Waals surface area (Å²) in [4.78, 5) is 0. The van der Waals surface area contributed by atoms with Crippen LogP contribution in [0.3, 0.4) is 0 Å². The molecular formula is C9H19N3O4. The molecule has 0 heterocycles. The van der Waals surface area contributed by atoms with E-state index in [0.717, 1.165) is 0 Å². The van der Waals surface area contributed by atoms with E-state index in [2.05, 4.69) is 10.5 Å². The standard InChI is InChI=1S/C9H19N3O4/c1-4(10)11-12-6-2-5(3-13)7(14)9(16)8(6)15/h5-9,12-16H,2-3H2,1H3,(H2,10,11). The van der Waals surface area contributed by atoms with E-state index >= 15 is 0 Å². The number of aliphatic hydroxyl groups is 4. The van der Waals surface area contributed by atoms with Gasteiger partial charge in [-0.1, -0.05) is 0 Å². The first-order chi connectivity index (χ1) is 7.47. The van der Waals surface area contributed by atoms with Crippen LogP contribution in [0.4, 0.5) is 0 Å². The van der Waals surface area contributed by atoms with E-state index in [1.807, 2.05) is 0 Å². The Balaban J connectivity index is 2.67. The van der Waals surface area contributed by atoms with E-state index in [4.69, 9.17) is 10.8 Å². The van der Waals surface area contributed by atoms with Gasteiger partial charge in [-0.15, -0.1) is 0 Å². The summed E-state index contributed by atoms with van der Waals surface area (Å²) in [6.45, 7) is 1.32. The van der Waals surface area contributed by atoms with E-state index < -0.39 is 30.3 Å². The minimum absolute atomic E-state index is 0.256.